The Morgan fingerprint density at radius 1 is 1.00 bits per heavy atom. The molecule has 6 nitrogen and oxygen atoms in total. The third-order valence-electron chi connectivity index (χ3n) is 4.85. The second-order valence-corrected chi connectivity index (χ2v) is 11.3. The fourth-order valence-electron chi connectivity index (χ4n) is 3.09. The van der Waals surface area contributed by atoms with E-state index >= 15 is 0 Å². The van der Waals surface area contributed by atoms with Crippen LogP contribution in [0.25, 0.3) is 0 Å². The minimum Gasteiger partial charge on any atom is -0.264 e. The van der Waals surface area contributed by atoms with E-state index in [0.29, 0.717) is 11.1 Å². The molecule has 1 atom stereocenters. The molecule has 31 heavy (non-hydrogen) atoms. The smallest absolute Gasteiger partial charge is 0.215 e. The summed E-state index contributed by atoms with van der Waals surface area (Å²) >= 11 is 0. The molecule has 0 aliphatic rings. The van der Waals surface area contributed by atoms with E-state index < -0.39 is 30.9 Å². The fourth-order valence-corrected chi connectivity index (χ4v) is 6.08. The van der Waals surface area contributed by atoms with Gasteiger partial charge in [0.05, 0.1) is 10.6 Å². The molecule has 1 unspecified atom stereocenters. The number of sulfone groups is 1. The third-order valence-corrected chi connectivity index (χ3v) is 8.27. The molecule has 1 heterocycles. The molecule has 0 radical (unpaired) electrons. The Morgan fingerprint density at radius 3 is 2.32 bits per heavy atom. The molecule has 3 rings (SSSR count). The molecule has 1 N–H and O–H groups in total. The van der Waals surface area contributed by atoms with Crippen LogP contribution in [0.4, 0.5) is 4.39 Å². The van der Waals surface area contributed by atoms with E-state index in [-0.39, 0.29) is 22.8 Å². The van der Waals surface area contributed by atoms with Crippen LogP contribution in [0.1, 0.15) is 27.5 Å². The van der Waals surface area contributed by atoms with E-state index in [1.165, 1.54) is 31.5 Å². The highest BCUT2D eigenvalue weighted by molar-refractivity contribution is 7.92. The number of nitrogens with zero attached hydrogens (tertiary/aromatic N) is 1. The fraction of sp³-hybridized carbons (Fsp3) is 0.227. The SMILES string of the molecule is Cc1ccc(CS(=O)(=O)NCC(c2cccnc2)S(=O)(=O)c2ccc(F)c(C)c2)cc1. The number of benzene rings is 2. The maximum absolute atomic E-state index is 13.7. The molecule has 0 aliphatic carbocycles. The van der Waals surface area contributed by atoms with Crippen LogP contribution >= 0.6 is 0 Å². The van der Waals surface area contributed by atoms with Gasteiger partial charge in [-0.15, -0.1) is 0 Å². The van der Waals surface area contributed by atoms with E-state index in [1.54, 1.807) is 24.3 Å². The molecule has 2 aromatic carbocycles. The normalized spacial score (nSPS) is 13.1. The number of hydrogen-bond donors (Lipinski definition) is 1. The first-order chi connectivity index (χ1) is 14.6. The molecule has 0 saturated heterocycles. The Bertz CT molecular complexity index is 1260. The standard InChI is InChI=1S/C22H23FN2O4S2/c1-16-5-7-18(8-6-16)15-30(26,27)25-14-22(19-4-3-11-24-13-19)31(28,29)20-9-10-21(23)17(2)12-20/h3-13,22,25H,14-15H2,1-2H3. The van der Waals surface area contributed by atoms with E-state index in [9.17, 15) is 21.2 Å². The minimum absolute atomic E-state index is 0.0852. The van der Waals surface area contributed by atoms with Gasteiger partial charge in [0.1, 0.15) is 11.1 Å². The van der Waals surface area contributed by atoms with Crippen LogP contribution in [0.3, 0.4) is 0 Å². The summed E-state index contributed by atoms with van der Waals surface area (Å²) in [6, 6.07) is 13.7. The van der Waals surface area contributed by atoms with Crippen molar-refractivity contribution in [3.8, 4) is 0 Å². The van der Waals surface area contributed by atoms with Gasteiger partial charge >= 0.3 is 0 Å². The van der Waals surface area contributed by atoms with Crippen molar-refractivity contribution in [2.75, 3.05) is 6.54 Å². The monoisotopic (exact) mass is 462 g/mol. The largest absolute Gasteiger partial charge is 0.264 e. The quantitative estimate of drug-likeness (QED) is 0.518. The first-order valence-electron chi connectivity index (χ1n) is 9.51. The second kappa shape index (κ2) is 9.25. The summed E-state index contributed by atoms with van der Waals surface area (Å²) in [6.07, 6.45) is 2.88. The van der Waals surface area contributed by atoms with Gasteiger partial charge in [-0.2, -0.15) is 0 Å². The van der Waals surface area contributed by atoms with Crippen LogP contribution in [-0.2, 0) is 25.6 Å². The number of halogens is 1. The van der Waals surface area contributed by atoms with Crippen molar-refractivity contribution in [2.24, 2.45) is 0 Å². The Balaban J connectivity index is 1.89. The first kappa shape index (κ1) is 23.1. The van der Waals surface area contributed by atoms with Crippen molar-refractivity contribution in [1.82, 2.24) is 9.71 Å². The van der Waals surface area contributed by atoms with Gasteiger partial charge in [-0.1, -0.05) is 35.9 Å². The van der Waals surface area contributed by atoms with Gasteiger partial charge in [-0.25, -0.2) is 25.9 Å². The first-order valence-corrected chi connectivity index (χ1v) is 12.7. The Morgan fingerprint density at radius 2 is 1.71 bits per heavy atom. The van der Waals surface area contributed by atoms with Crippen molar-refractivity contribution in [3.63, 3.8) is 0 Å². The summed E-state index contributed by atoms with van der Waals surface area (Å²) in [5.41, 5.74) is 2.12. The third kappa shape index (κ3) is 5.75. The van der Waals surface area contributed by atoms with E-state index in [2.05, 4.69) is 9.71 Å². The molecule has 0 aliphatic heterocycles. The van der Waals surface area contributed by atoms with Gasteiger partial charge in [0.15, 0.2) is 9.84 Å². The lowest BCUT2D eigenvalue weighted by Gasteiger charge is -2.19. The maximum atomic E-state index is 13.7. The van der Waals surface area contributed by atoms with Crippen LogP contribution in [0.15, 0.2) is 71.9 Å². The number of hydrogen-bond acceptors (Lipinski definition) is 5. The van der Waals surface area contributed by atoms with Gasteiger partial charge < -0.3 is 0 Å². The lowest BCUT2D eigenvalue weighted by atomic mass is 10.2. The molecule has 9 heteroatoms. The van der Waals surface area contributed by atoms with E-state index in [0.717, 1.165) is 11.6 Å². The Kier molecular flexibility index (Phi) is 6.88. The van der Waals surface area contributed by atoms with Gasteiger partial charge in [-0.05, 0) is 54.8 Å². The van der Waals surface area contributed by atoms with Gasteiger partial charge in [0.2, 0.25) is 10.0 Å². The Hall–Kier alpha value is -2.62. The number of pyridine rings is 1. The molecule has 0 bridgehead atoms. The van der Waals surface area contributed by atoms with Crippen LogP contribution in [-0.4, -0.2) is 28.4 Å². The summed E-state index contributed by atoms with van der Waals surface area (Å²) in [6.45, 7) is 2.99. The van der Waals surface area contributed by atoms with Crippen molar-refractivity contribution >= 4 is 19.9 Å². The predicted octanol–water partition coefficient (Wildman–Crippen LogP) is 3.47. The molecule has 0 amide bonds. The lowest BCUT2D eigenvalue weighted by Crippen LogP contribution is -2.32. The van der Waals surface area contributed by atoms with Crippen LogP contribution in [0.5, 0.6) is 0 Å². The minimum atomic E-state index is -4.03. The zero-order chi connectivity index (χ0) is 22.6. The molecule has 0 spiro atoms. The summed E-state index contributed by atoms with van der Waals surface area (Å²) < 4.78 is 67.9. The van der Waals surface area contributed by atoms with Crippen molar-refractivity contribution in [1.29, 1.82) is 0 Å². The molecule has 3 aromatic rings. The van der Waals surface area contributed by atoms with Crippen LogP contribution in [0.2, 0.25) is 0 Å². The van der Waals surface area contributed by atoms with Crippen molar-refractivity contribution in [3.05, 3.63) is 95.1 Å². The summed E-state index contributed by atoms with van der Waals surface area (Å²) in [7, 11) is -7.83. The number of sulfonamides is 1. The topological polar surface area (TPSA) is 93.2 Å². The van der Waals surface area contributed by atoms with Gasteiger partial charge in [0, 0.05) is 18.9 Å². The number of rotatable bonds is 8. The average molecular weight is 463 g/mol. The molecule has 1 aromatic heterocycles. The lowest BCUT2D eigenvalue weighted by molar-refractivity contribution is 0.567. The van der Waals surface area contributed by atoms with Crippen molar-refractivity contribution < 1.29 is 21.2 Å². The predicted molar refractivity (Wildman–Crippen MR) is 117 cm³/mol. The van der Waals surface area contributed by atoms with Crippen molar-refractivity contribution in [2.45, 2.75) is 29.7 Å². The summed E-state index contributed by atoms with van der Waals surface area (Å²) in [5.74, 6) is -0.793. The van der Waals surface area contributed by atoms with Gasteiger partial charge in [-0.3, -0.25) is 4.98 Å². The van der Waals surface area contributed by atoms with Crippen LogP contribution < -0.4 is 4.72 Å². The molecule has 164 valence electrons. The van der Waals surface area contributed by atoms with Gasteiger partial charge in [0.25, 0.3) is 0 Å². The maximum Gasteiger partial charge on any atom is 0.215 e. The van der Waals surface area contributed by atoms with Crippen LogP contribution in [0, 0.1) is 19.7 Å². The second-order valence-electron chi connectivity index (χ2n) is 7.32. The van der Waals surface area contributed by atoms with E-state index in [1.807, 2.05) is 19.1 Å². The zero-order valence-electron chi connectivity index (χ0n) is 17.1. The summed E-state index contributed by atoms with van der Waals surface area (Å²) in [5, 5.41) is -1.22. The Labute approximate surface area is 182 Å². The number of aryl methyl sites for hydroxylation is 2. The highest BCUT2D eigenvalue weighted by atomic mass is 32.2. The highest BCUT2D eigenvalue weighted by Gasteiger charge is 2.31. The van der Waals surface area contributed by atoms with E-state index in [4.69, 9.17) is 0 Å². The summed E-state index contributed by atoms with van der Waals surface area (Å²) in [4.78, 5) is 3.88. The highest BCUT2D eigenvalue weighted by Crippen LogP contribution is 2.29. The molecular formula is C22H23FN2O4S2. The number of nitrogens with one attached hydrogen (secondary N) is 1. The molecule has 0 fully saturated rings. The number of aromatic nitrogens is 1. The molecular weight excluding hydrogens is 439 g/mol. The zero-order valence-corrected chi connectivity index (χ0v) is 18.8. The average Bonchev–Trinajstić information content (AvgIpc) is 2.72. The molecule has 0 saturated carbocycles.